The first-order valence-corrected chi connectivity index (χ1v) is 7.39. The molecule has 0 amide bonds. The summed E-state index contributed by atoms with van der Waals surface area (Å²) in [6, 6.07) is 12.5. The van der Waals surface area contributed by atoms with Crippen molar-refractivity contribution in [3.8, 4) is 0 Å². The van der Waals surface area contributed by atoms with Gasteiger partial charge in [-0.05, 0) is 44.9 Å². The van der Waals surface area contributed by atoms with Crippen LogP contribution in [0, 0.1) is 33.1 Å². The molecule has 0 unspecified atom stereocenters. The van der Waals surface area contributed by atoms with Crippen molar-refractivity contribution in [3.05, 3.63) is 64.2 Å². The second-order valence-electron chi connectivity index (χ2n) is 5.78. The normalized spacial score (nSPS) is 11.4. The summed E-state index contributed by atoms with van der Waals surface area (Å²) < 4.78 is 0. The van der Waals surface area contributed by atoms with Gasteiger partial charge in [0.05, 0.1) is 12.0 Å². The molecule has 0 bridgehead atoms. The Bertz CT molecular complexity index is 729. The summed E-state index contributed by atoms with van der Waals surface area (Å²) in [5.74, 6) is 0.791. The van der Waals surface area contributed by atoms with Gasteiger partial charge < -0.3 is 4.90 Å². The summed E-state index contributed by atoms with van der Waals surface area (Å²) >= 11 is 0. The molecule has 114 valence electrons. The zero-order valence-corrected chi connectivity index (χ0v) is 13.9. The van der Waals surface area contributed by atoms with Crippen LogP contribution >= 0.6 is 0 Å². The summed E-state index contributed by atoms with van der Waals surface area (Å²) in [5, 5.41) is 7.57. The van der Waals surface area contributed by atoms with Crippen LogP contribution in [0.4, 0.5) is 5.69 Å². The fraction of sp³-hybridized carbons (Fsp3) is 0.263. The van der Waals surface area contributed by atoms with Crippen LogP contribution in [-0.4, -0.2) is 24.1 Å². The number of nitrogens with one attached hydrogen (secondary N) is 1. The molecule has 2 aromatic rings. The Morgan fingerprint density at radius 2 is 1.55 bits per heavy atom. The molecule has 2 aromatic carbocycles. The van der Waals surface area contributed by atoms with Gasteiger partial charge >= 0.3 is 0 Å². The summed E-state index contributed by atoms with van der Waals surface area (Å²) in [5.41, 5.74) is 6.75. The van der Waals surface area contributed by atoms with Crippen molar-refractivity contribution in [1.82, 2.24) is 4.90 Å². The smallest absolute Gasteiger partial charge is 0.141 e. The van der Waals surface area contributed by atoms with Crippen LogP contribution in [0.5, 0.6) is 0 Å². The highest BCUT2D eigenvalue weighted by Crippen LogP contribution is 2.22. The van der Waals surface area contributed by atoms with Gasteiger partial charge in [0.2, 0.25) is 0 Å². The summed E-state index contributed by atoms with van der Waals surface area (Å²) in [4.78, 5) is 6.57. The maximum Gasteiger partial charge on any atom is 0.141 e. The molecule has 0 saturated heterocycles. The zero-order valence-electron chi connectivity index (χ0n) is 13.9. The van der Waals surface area contributed by atoms with Crippen molar-refractivity contribution in [1.29, 1.82) is 5.41 Å². The second kappa shape index (κ2) is 6.56. The number of aliphatic imine (C=N–C) groups is 1. The minimum absolute atomic E-state index is 0.791. The molecule has 0 saturated carbocycles. The molecule has 0 heterocycles. The predicted molar refractivity (Wildman–Crippen MR) is 94.6 cm³/mol. The monoisotopic (exact) mass is 293 g/mol. The third-order valence-corrected chi connectivity index (χ3v) is 3.73. The highest BCUT2D eigenvalue weighted by molar-refractivity contribution is 6.06. The van der Waals surface area contributed by atoms with Gasteiger partial charge in [-0.1, -0.05) is 41.5 Å². The maximum absolute atomic E-state index is 7.57. The van der Waals surface area contributed by atoms with E-state index < -0.39 is 0 Å². The largest absolute Gasteiger partial charge is 0.320 e. The van der Waals surface area contributed by atoms with Crippen molar-refractivity contribution >= 4 is 17.9 Å². The van der Waals surface area contributed by atoms with Gasteiger partial charge in [0.25, 0.3) is 0 Å². The van der Waals surface area contributed by atoms with Crippen LogP contribution in [0.2, 0.25) is 0 Å². The van der Waals surface area contributed by atoms with Crippen LogP contribution in [-0.2, 0) is 0 Å². The number of hydrogen-bond donors (Lipinski definition) is 1. The van der Waals surface area contributed by atoms with E-state index in [9.17, 15) is 0 Å². The Kier molecular flexibility index (Phi) is 4.76. The molecule has 3 heteroatoms. The van der Waals surface area contributed by atoms with Crippen molar-refractivity contribution in [2.45, 2.75) is 27.7 Å². The molecule has 3 nitrogen and oxygen atoms in total. The summed E-state index contributed by atoms with van der Waals surface area (Å²) in [7, 11) is 1.86. The van der Waals surface area contributed by atoms with Gasteiger partial charge in [-0.2, -0.15) is 0 Å². The standard InChI is InChI=1S/C19H23N3/c1-13-6-8-17(15(3)10-13)19(22(5)12-20)21-18-9-7-14(2)11-16(18)4/h6-12,20H,1-5H3. The lowest BCUT2D eigenvalue weighted by Gasteiger charge is -2.18. The average molecular weight is 293 g/mol. The van der Waals surface area contributed by atoms with Crippen LogP contribution in [0.15, 0.2) is 41.4 Å². The van der Waals surface area contributed by atoms with E-state index >= 15 is 0 Å². The lowest BCUT2D eigenvalue weighted by molar-refractivity contribution is 0.770. The SMILES string of the molecule is Cc1ccc(N=C(c2ccc(C)cc2C)N(C)C=N)c(C)c1. The Labute approximate surface area is 132 Å². The van der Waals surface area contributed by atoms with Crippen LogP contribution in [0.1, 0.15) is 27.8 Å². The van der Waals surface area contributed by atoms with Gasteiger partial charge in [-0.15, -0.1) is 0 Å². The number of aryl methyl sites for hydroxylation is 4. The van der Waals surface area contributed by atoms with Gasteiger partial charge in [-0.3, -0.25) is 5.41 Å². The van der Waals surface area contributed by atoms with Crippen molar-refractivity contribution in [3.63, 3.8) is 0 Å². The van der Waals surface area contributed by atoms with E-state index in [-0.39, 0.29) is 0 Å². The van der Waals surface area contributed by atoms with Crippen LogP contribution in [0.25, 0.3) is 0 Å². The number of rotatable bonds is 3. The fourth-order valence-corrected chi connectivity index (χ4v) is 2.50. The molecule has 1 N–H and O–H groups in total. The Morgan fingerprint density at radius 3 is 2.09 bits per heavy atom. The minimum atomic E-state index is 0.791. The fourth-order valence-electron chi connectivity index (χ4n) is 2.50. The maximum atomic E-state index is 7.57. The van der Waals surface area contributed by atoms with E-state index in [2.05, 4.69) is 58.0 Å². The third kappa shape index (κ3) is 3.42. The molecular formula is C19H23N3. The predicted octanol–water partition coefficient (Wildman–Crippen LogP) is 4.54. The first-order valence-electron chi connectivity index (χ1n) is 7.39. The Hall–Kier alpha value is -2.42. The highest BCUT2D eigenvalue weighted by Gasteiger charge is 2.12. The van der Waals surface area contributed by atoms with Gasteiger partial charge in [-0.25, -0.2) is 4.99 Å². The van der Waals surface area contributed by atoms with E-state index in [0.29, 0.717) is 0 Å². The van der Waals surface area contributed by atoms with E-state index in [4.69, 9.17) is 10.4 Å². The van der Waals surface area contributed by atoms with Crippen LogP contribution in [0.3, 0.4) is 0 Å². The van der Waals surface area contributed by atoms with Gasteiger partial charge in [0.15, 0.2) is 0 Å². The van der Waals surface area contributed by atoms with Gasteiger partial charge in [0.1, 0.15) is 5.84 Å². The van der Waals surface area contributed by atoms with Crippen molar-refractivity contribution in [2.75, 3.05) is 7.05 Å². The molecule has 0 aliphatic carbocycles. The minimum Gasteiger partial charge on any atom is -0.320 e. The lowest BCUT2D eigenvalue weighted by atomic mass is 10.0. The zero-order chi connectivity index (χ0) is 16.3. The molecule has 0 atom stereocenters. The molecule has 22 heavy (non-hydrogen) atoms. The molecule has 2 rings (SSSR count). The molecule has 0 aliphatic rings. The van der Waals surface area contributed by atoms with Crippen molar-refractivity contribution in [2.24, 2.45) is 4.99 Å². The molecular weight excluding hydrogens is 270 g/mol. The van der Waals surface area contributed by atoms with E-state index in [0.717, 1.165) is 28.2 Å². The summed E-state index contributed by atoms with van der Waals surface area (Å²) in [6.07, 6.45) is 1.29. The topological polar surface area (TPSA) is 39.5 Å². The van der Waals surface area contributed by atoms with E-state index in [1.165, 1.54) is 17.5 Å². The van der Waals surface area contributed by atoms with E-state index in [1.54, 1.807) is 4.90 Å². The van der Waals surface area contributed by atoms with Gasteiger partial charge in [0, 0.05) is 12.6 Å². The Morgan fingerprint density at radius 1 is 0.955 bits per heavy atom. The third-order valence-electron chi connectivity index (χ3n) is 3.73. The molecule has 0 radical (unpaired) electrons. The second-order valence-corrected chi connectivity index (χ2v) is 5.78. The number of benzene rings is 2. The number of amidine groups is 1. The molecule has 0 spiro atoms. The summed E-state index contributed by atoms with van der Waals surface area (Å²) in [6.45, 7) is 8.31. The molecule has 0 aliphatic heterocycles. The number of nitrogens with zero attached hydrogens (tertiary/aromatic N) is 2. The first kappa shape index (κ1) is 16.0. The van der Waals surface area contributed by atoms with E-state index in [1.807, 2.05) is 13.1 Å². The van der Waals surface area contributed by atoms with Crippen molar-refractivity contribution < 1.29 is 0 Å². The number of hydrogen-bond acceptors (Lipinski definition) is 2. The quantitative estimate of drug-likeness (QED) is 0.655. The van der Waals surface area contributed by atoms with Crippen LogP contribution < -0.4 is 0 Å². The molecule has 0 aromatic heterocycles. The first-order chi connectivity index (χ1) is 10.4. The molecule has 0 fully saturated rings. The Balaban J connectivity index is 2.59. The lowest BCUT2D eigenvalue weighted by Crippen LogP contribution is -2.26. The highest BCUT2D eigenvalue weighted by atomic mass is 15.2. The average Bonchev–Trinajstić information content (AvgIpc) is 2.47.